The Morgan fingerprint density at radius 3 is 2.61 bits per heavy atom. The zero-order chi connectivity index (χ0) is 12.8. The molecule has 2 aromatic rings. The molecule has 2 N–H and O–H groups in total. The van der Waals surface area contributed by atoms with Crippen molar-refractivity contribution in [3.05, 3.63) is 54.2 Å². The molecule has 2 amide bonds. The predicted molar refractivity (Wildman–Crippen MR) is 68.3 cm³/mol. The Labute approximate surface area is 104 Å². The van der Waals surface area contributed by atoms with Crippen LogP contribution in [0.1, 0.15) is 10.4 Å². The molecule has 0 aliphatic carbocycles. The fraction of sp³-hybridized carbons (Fsp3) is 0. The normalized spacial score (nSPS) is 9.56. The molecule has 18 heavy (non-hydrogen) atoms. The second-order valence-corrected chi connectivity index (χ2v) is 3.48. The summed E-state index contributed by atoms with van der Waals surface area (Å²) in [5.41, 5.74) is 0.844. The molecule has 0 bridgehead atoms. The van der Waals surface area contributed by atoms with E-state index >= 15 is 0 Å². The van der Waals surface area contributed by atoms with E-state index in [9.17, 15) is 9.59 Å². The van der Waals surface area contributed by atoms with Gasteiger partial charge in [0.15, 0.2) is 0 Å². The summed E-state index contributed by atoms with van der Waals surface area (Å²) < 4.78 is 0. The predicted octanol–water partition coefficient (Wildman–Crippen LogP) is 1.90. The number of rotatable bonds is 4. The Kier molecular flexibility index (Phi) is 3.66. The number of hydrogen-bond acceptors (Lipinski definition) is 3. The number of carbonyl (C=O) groups is 2. The van der Waals surface area contributed by atoms with Crippen LogP contribution in [0.2, 0.25) is 0 Å². The molecule has 2 rings (SSSR count). The van der Waals surface area contributed by atoms with Crippen molar-refractivity contribution in [3.8, 4) is 0 Å². The molecule has 1 aromatic carbocycles. The first kappa shape index (κ1) is 11.8. The van der Waals surface area contributed by atoms with E-state index in [1.165, 1.54) is 0 Å². The molecule has 0 unspecified atom stereocenters. The number of nitrogens with one attached hydrogen (secondary N) is 2. The second-order valence-electron chi connectivity index (χ2n) is 3.48. The third kappa shape index (κ3) is 2.70. The molecular weight excluding hydrogens is 230 g/mol. The number of aromatic nitrogens is 1. The first-order chi connectivity index (χ1) is 8.81. The van der Waals surface area contributed by atoms with Crippen LogP contribution in [0.5, 0.6) is 0 Å². The highest BCUT2D eigenvalue weighted by molar-refractivity contribution is 6.08. The molecule has 0 aliphatic rings. The standard InChI is InChI=1S/C13H11N3O2/c17-9-15-11-6-2-1-5-10(11)13(18)16-12-7-3-4-8-14-12/h1-9H,(H,15,17)(H,14,16,18). The van der Waals surface area contributed by atoms with E-state index in [0.29, 0.717) is 23.5 Å². The van der Waals surface area contributed by atoms with Crippen LogP contribution < -0.4 is 10.6 Å². The highest BCUT2D eigenvalue weighted by Crippen LogP contribution is 2.15. The Bertz CT molecular complexity index is 555. The van der Waals surface area contributed by atoms with Gasteiger partial charge in [-0.3, -0.25) is 9.59 Å². The van der Waals surface area contributed by atoms with Gasteiger partial charge in [0.25, 0.3) is 5.91 Å². The van der Waals surface area contributed by atoms with Gasteiger partial charge in [-0.15, -0.1) is 0 Å². The molecule has 0 atom stereocenters. The molecule has 0 spiro atoms. The lowest BCUT2D eigenvalue weighted by atomic mass is 10.1. The smallest absolute Gasteiger partial charge is 0.258 e. The molecule has 0 saturated heterocycles. The SMILES string of the molecule is O=CNc1ccccc1C(=O)Nc1ccccn1. The summed E-state index contributed by atoms with van der Waals surface area (Å²) in [7, 11) is 0. The van der Waals surface area contributed by atoms with Crippen LogP contribution in [0, 0.1) is 0 Å². The van der Waals surface area contributed by atoms with Crippen molar-refractivity contribution in [1.82, 2.24) is 4.98 Å². The van der Waals surface area contributed by atoms with Gasteiger partial charge in [0.2, 0.25) is 6.41 Å². The summed E-state index contributed by atoms with van der Waals surface area (Å²) in [5.74, 6) is 0.141. The molecule has 0 fully saturated rings. The van der Waals surface area contributed by atoms with Gasteiger partial charge in [-0.1, -0.05) is 18.2 Å². The van der Waals surface area contributed by atoms with Crippen LogP contribution in [-0.4, -0.2) is 17.3 Å². The van der Waals surface area contributed by atoms with Crippen LogP contribution in [0.4, 0.5) is 11.5 Å². The van der Waals surface area contributed by atoms with Crippen molar-refractivity contribution in [1.29, 1.82) is 0 Å². The van der Waals surface area contributed by atoms with Crippen molar-refractivity contribution in [3.63, 3.8) is 0 Å². The zero-order valence-corrected chi connectivity index (χ0v) is 9.46. The minimum absolute atomic E-state index is 0.321. The number of carbonyl (C=O) groups excluding carboxylic acids is 2. The minimum Gasteiger partial charge on any atom is -0.328 e. The number of para-hydroxylation sites is 1. The summed E-state index contributed by atoms with van der Waals surface area (Å²) in [5, 5.41) is 5.13. The lowest BCUT2D eigenvalue weighted by Crippen LogP contribution is -2.15. The molecule has 0 radical (unpaired) electrons. The van der Waals surface area contributed by atoms with E-state index in [-0.39, 0.29) is 5.91 Å². The van der Waals surface area contributed by atoms with Gasteiger partial charge < -0.3 is 10.6 Å². The number of hydrogen-bond donors (Lipinski definition) is 2. The summed E-state index contributed by atoms with van der Waals surface area (Å²) in [6.07, 6.45) is 2.12. The van der Waals surface area contributed by atoms with E-state index in [2.05, 4.69) is 15.6 Å². The number of pyridine rings is 1. The lowest BCUT2D eigenvalue weighted by Gasteiger charge is -2.08. The number of amides is 2. The molecule has 1 aromatic heterocycles. The minimum atomic E-state index is -0.321. The number of nitrogens with zero attached hydrogens (tertiary/aromatic N) is 1. The van der Waals surface area contributed by atoms with E-state index < -0.39 is 0 Å². The van der Waals surface area contributed by atoms with Crippen molar-refractivity contribution in [2.45, 2.75) is 0 Å². The van der Waals surface area contributed by atoms with Gasteiger partial charge in [0.1, 0.15) is 5.82 Å². The van der Waals surface area contributed by atoms with Gasteiger partial charge in [0.05, 0.1) is 11.3 Å². The fourth-order valence-corrected chi connectivity index (χ4v) is 1.49. The Balaban J connectivity index is 2.21. The van der Waals surface area contributed by atoms with Crippen molar-refractivity contribution in [2.75, 3.05) is 10.6 Å². The summed E-state index contributed by atoms with van der Waals surface area (Å²) >= 11 is 0. The lowest BCUT2D eigenvalue weighted by molar-refractivity contribution is -0.105. The second kappa shape index (κ2) is 5.58. The average Bonchev–Trinajstić information content (AvgIpc) is 2.41. The van der Waals surface area contributed by atoms with Crippen molar-refractivity contribution in [2.24, 2.45) is 0 Å². The Morgan fingerprint density at radius 1 is 1.11 bits per heavy atom. The molecule has 0 aliphatic heterocycles. The van der Waals surface area contributed by atoms with Gasteiger partial charge in [-0.05, 0) is 24.3 Å². The zero-order valence-electron chi connectivity index (χ0n) is 9.46. The topological polar surface area (TPSA) is 71.1 Å². The average molecular weight is 241 g/mol. The van der Waals surface area contributed by atoms with E-state index in [0.717, 1.165) is 0 Å². The maximum absolute atomic E-state index is 12.0. The highest BCUT2D eigenvalue weighted by atomic mass is 16.2. The summed E-state index contributed by atoms with van der Waals surface area (Å²) in [6.45, 7) is 0. The van der Waals surface area contributed by atoms with Gasteiger partial charge in [0, 0.05) is 6.20 Å². The maximum atomic E-state index is 12.0. The van der Waals surface area contributed by atoms with Crippen molar-refractivity contribution >= 4 is 23.8 Å². The van der Waals surface area contributed by atoms with Crippen LogP contribution in [0.3, 0.4) is 0 Å². The third-order valence-corrected chi connectivity index (χ3v) is 2.29. The monoisotopic (exact) mass is 241 g/mol. The molecule has 90 valence electrons. The van der Waals surface area contributed by atoms with Gasteiger partial charge >= 0.3 is 0 Å². The summed E-state index contributed by atoms with van der Waals surface area (Å²) in [6, 6.07) is 12.0. The first-order valence-electron chi connectivity index (χ1n) is 5.33. The molecular formula is C13H11N3O2. The van der Waals surface area contributed by atoms with Crippen LogP contribution >= 0.6 is 0 Å². The van der Waals surface area contributed by atoms with Crippen molar-refractivity contribution < 1.29 is 9.59 Å². The molecule has 1 heterocycles. The van der Waals surface area contributed by atoms with Gasteiger partial charge in [-0.25, -0.2) is 4.98 Å². The Morgan fingerprint density at radius 2 is 1.89 bits per heavy atom. The molecule has 5 heteroatoms. The number of anilines is 2. The van der Waals surface area contributed by atoms with E-state index in [4.69, 9.17) is 0 Å². The van der Waals surface area contributed by atoms with Crippen LogP contribution in [0.25, 0.3) is 0 Å². The molecule has 5 nitrogen and oxygen atoms in total. The third-order valence-electron chi connectivity index (χ3n) is 2.29. The maximum Gasteiger partial charge on any atom is 0.258 e. The molecule has 0 saturated carbocycles. The fourth-order valence-electron chi connectivity index (χ4n) is 1.49. The van der Waals surface area contributed by atoms with Crippen LogP contribution in [0.15, 0.2) is 48.7 Å². The Hall–Kier alpha value is -2.69. The van der Waals surface area contributed by atoms with E-state index in [1.54, 1.807) is 48.7 Å². The first-order valence-corrected chi connectivity index (χ1v) is 5.33. The number of benzene rings is 1. The largest absolute Gasteiger partial charge is 0.328 e. The highest BCUT2D eigenvalue weighted by Gasteiger charge is 2.10. The van der Waals surface area contributed by atoms with E-state index in [1.807, 2.05) is 0 Å². The quantitative estimate of drug-likeness (QED) is 0.803. The summed E-state index contributed by atoms with van der Waals surface area (Å²) in [4.78, 5) is 26.5. The van der Waals surface area contributed by atoms with Crippen LogP contribution in [-0.2, 0) is 4.79 Å². The van der Waals surface area contributed by atoms with Gasteiger partial charge in [-0.2, -0.15) is 0 Å².